The second-order valence-corrected chi connectivity index (χ2v) is 5.39. The maximum atomic E-state index is 3.62. The Morgan fingerprint density at radius 2 is 2.00 bits per heavy atom. The van der Waals surface area contributed by atoms with Crippen LogP contribution in [-0.4, -0.2) is 17.6 Å². The van der Waals surface area contributed by atoms with Gasteiger partial charge in [-0.1, -0.05) is 38.5 Å². The summed E-state index contributed by atoms with van der Waals surface area (Å²) in [6, 6.07) is 9.04. The van der Waals surface area contributed by atoms with Gasteiger partial charge < -0.3 is 10.3 Å². The van der Waals surface area contributed by atoms with E-state index in [-0.39, 0.29) is 0 Å². The molecule has 0 aliphatic rings. The van der Waals surface area contributed by atoms with Crippen molar-refractivity contribution in [3.05, 3.63) is 36.0 Å². The first-order valence-electron chi connectivity index (χ1n) is 6.99. The van der Waals surface area contributed by atoms with Crippen LogP contribution in [0, 0.1) is 5.92 Å². The van der Waals surface area contributed by atoms with Crippen LogP contribution in [0.5, 0.6) is 0 Å². The van der Waals surface area contributed by atoms with Gasteiger partial charge in [0.05, 0.1) is 0 Å². The van der Waals surface area contributed by atoms with Gasteiger partial charge in [-0.25, -0.2) is 0 Å². The zero-order valence-corrected chi connectivity index (χ0v) is 11.7. The first-order valence-corrected chi connectivity index (χ1v) is 6.99. The van der Waals surface area contributed by atoms with Crippen LogP contribution in [0.25, 0.3) is 10.9 Å². The Bertz CT molecular complexity index is 487. The molecule has 98 valence electrons. The van der Waals surface area contributed by atoms with Crippen molar-refractivity contribution in [2.45, 2.75) is 39.7 Å². The van der Waals surface area contributed by atoms with Crippen molar-refractivity contribution in [3.63, 3.8) is 0 Å². The smallest absolute Gasteiger partial charge is 0.0456 e. The van der Waals surface area contributed by atoms with E-state index in [1.165, 1.54) is 22.9 Å². The number of nitrogens with one attached hydrogen (secondary N) is 2. The molecular weight excluding hydrogens is 220 g/mol. The summed E-state index contributed by atoms with van der Waals surface area (Å²) in [6.07, 6.45) is 4.47. The molecule has 1 heterocycles. The number of para-hydroxylation sites is 1. The molecule has 2 atom stereocenters. The van der Waals surface area contributed by atoms with E-state index in [9.17, 15) is 0 Å². The monoisotopic (exact) mass is 244 g/mol. The zero-order valence-electron chi connectivity index (χ0n) is 11.7. The zero-order chi connectivity index (χ0) is 13.0. The van der Waals surface area contributed by atoms with Gasteiger partial charge in [-0.15, -0.1) is 0 Å². The molecule has 0 bridgehead atoms. The summed E-state index contributed by atoms with van der Waals surface area (Å²) in [7, 11) is 0. The molecule has 0 fully saturated rings. The van der Waals surface area contributed by atoms with Crippen LogP contribution in [0.3, 0.4) is 0 Å². The highest BCUT2D eigenvalue weighted by molar-refractivity contribution is 5.83. The molecule has 0 aliphatic carbocycles. The first kappa shape index (κ1) is 13.2. The summed E-state index contributed by atoms with van der Waals surface area (Å²) in [4.78, 5) is 3.34. The lowest BCUT2D eigenvalue weighted by Crippen LogP contribution is -2.31. The maximum Gasteiger partial charge on any atom is 0.0456 e. The van der Waals surface area contributed by atoms with Crippen molar-refractivity contribution in [2.24, 2.45) is 5.92 Å². The van der Waals surface area contributed by atoms with Gasteiger partial charge in [0.1, 0.15) is 0 Å². The van der Waals surface area contributed by atoms with Gasteiger partial charge in [-0.05, 0) is 37.4 Å². The van der Waals surface area contributed by atoms with Crippen LogP contribution in [0.4, 0.5) is 0 Å². The highest BCUT2D eigenvalue weighted by atomic mass is 14.9. The largest absolute Gasteiger partial charge is 0.361 e. The van der Waals surface area contributed by atoms with Crippen molar-refractivity contribution < 1.29 is 0 Å². The number of hydrogen-bond donors (Lipinski definition) is 2. The minimum Gasteiger partial charge on any atom is -0.361 e. The Morgan fingerprint density at radius 1 is 1.22 bits per heavy atom. The van der Waals surface area contributed by atoms with E-state index in [2.05, 4.69) is 61.5 Å². The normalized spacial score (nSPS) is 14.8. The predicted molar refractivity (Wildman–Crippen MR) is 78.9 cm³/mol. The van der Waals surface area contributed by atoms with Crippen LogP contribution in [-0.2, 0) is 6.42 Å². The molecule has 1 aromatic heterocycles. The summed E-state index contributed by atoms with van der Waals surface area (Å²) in [5.41, 5.74) is 2.65. The molecule has 2 rings (SSSR count). The highest BCUT2D eigenvalue weighted by Gasteiger charge is 2.08. The van der Waals surface area contributed by atoms with Crippen LogP contribution < -0.4 is 5.32 Å². The minimum absolute atomic E-state index is 0.526. The second kappa shape index (κ2) is 6.05. The summed E-state index contributed by atoms with van der Waals surface area (Å²) in [5.74, 6) is 0.760. The van der Waals surface area contributed by atoms with Crippen LogP contribution >= 0.6 is 0 Å². The van der Waals surface area contributed by atoms with E-state index in [0.29, 0.717) is 6.04 Å². The number of rotatable bonds is 6. The van der Waals surface area contributed by atoms with Gasteiger partial charge in [0.25, 0.3) is 0 Å². The number of aromatic amines is 1. The van der Waals surface area contributed by atoms with Crippen molar-refractivity contribution >= 4 is 10.9 Å². The van der Waals surface area contributed by atoms with Crippen molar-refractivity contribution in [1.29, 1.82) is 0 Å². The lowest BCUT2D eigenvalue weighted by atomic mass is 10.0. The lowest BCUT2D eigenvalue weighted by Gasteiger charge is -2.16. The fraction of sp³-hybridized carbons (Fsp3) is 0.500. The molecule has 0 aliphatic heterocycles. The number of fused-ring (bicyclic) bond motifs is 1. The molecule has 18 heavy (non-hydrogen) atoms. The number of aromatic nitrogens is 1. The Morgan fingerprint density at radius 3 is 2.78 bits per heavy atom. The Hall–Kier alpha value is -1.28. The van der Waals surface area contributed by atoms with E-state index in [1.54, 1.807) is 0 Å². The summed E-state index contributed by atoms with van der Waals surface area (Å²) in [6.45, 7) is 7.92. The van der Waals surface area contributed by atoms with Crippen LogP contribution in [0.2, 0.25) is 0 Å². The molecule has 2 N–H and O–H groups in total. The third-order valence-electron chi connectivity index (χ3n) is 3.71. The lowest BCUT2D eigenvalue weighted by molar-refractivity contribution is 0.452. The average molecular weight is 244 g/mol. The Balaban J connectivity index is 1.96. The molecule has 0 amide bonds. The third kappa shape index (κ3) is 3.14. The topological polar surface area (TPSA) is 27.8 Å². The van der Waals surface area contributed by atoms with Crippen molar-refractivity contribution in [3.8, 4) is 0 Å². The fourth-order valence-electron chi connectivity index (χ4n) is 2.25. The van der Waals surface area contributed by atoms with Crippen molar-refractivity contribution in [1.82, 2.24) is 10.3 Å². The molecule has 0 saturated heterocycles. The van der Waals surface area contributed by atoms with Gasteiger partial charge in [-0.3, -0.25) is 0 Å². The van der Waals surface area contributed by atoms with Gasteiger partial charge in [0.2, 0.25) is 0 Å². The Kier molecular flexibility index (Phi) is 4.43. The van der Waals surface area contributed by atoms with Crippen molar-refractivity contribution in [2.75, 3.05) is 6.54 Å². The van der Waals surface area contributed by atoms with E-state index in [4.69, 9.17) is 0 Å². The fourth-order valence-corrected chi connectivity index (χ4v) is 2.25. The highest BCUT2D eigenvalue weighted by Crippen LogP contribution is 2.19. The van der Waals surface area contributed by atoms with E-state index < -0.39 is 0 Å². The molecule has 0 spiro atoms. The second-order valence-electron chi connectivity index (χ2n) is 5.39. The third-order valence-corrected chi connectivity index (χ3v) is 3.71. The minimum atomic E-state index is 0.526. The Labute approximate surface area is 110 Å². The SMILES string of the molecule is CCC(C)CN[C@H](C)Cc1c[nH]c2ccccc12. The summed E-state index contributed by atoms with van der Waals surface area (Å²) < 4.78 is 0. The van der Waals surface area contributed by atoms with Gasteiger partial charge in [0.15, 0.2) is 0 Å². The molecular formula is C16H24N2. The molecule has 0 saturated carbocycles. The molecule has 1 aromatic carbocycles. The summed E-state index contributed by atoms with van der Waals surface area (Å²) >= 11 is 0. The first-order chi connectivity index (χ1) is 8.70. The van der Waals surface area contributed by atoms with Crippen LogP contribution in [0.1, 0.15) is 32.8 Å². The number of hydrogen-bond acceptors (Lipinski definition) is 1. The maximum absolute atomic E-state index is 3.62. The van der Waals surface area contributed by atoms with Gasteiger partial charge >= 0.3 is 0 Å². The van der Waals surface area contributed by atoms with Gasteiger partial charge in [-0.2, -0.15) is 0 Å². The van der Waals surface area contributed by atoms with E-state index in [1.807, 2.05) is 0 Å². The molecule has 1 unspecified atom stereocenters. The molecule has 2 aromatic rings. The van der Waals surface area contributed by atoms with Gasteiger partial charge in [0, 0.05) is 23.1 Å². The number of benzene rings is 1. The van der Waals surface area contributed by atoms with E-state index >= 15 is 0 Å². The van der Waals surface area contributed by atoms with E-state index in [0.717, 1.165) is 18.9 Å². The average Bonchev–Trinajstić information content (AvgIpc) is 2.79. The number of H-pyrrole nitrogens is 1. The molecule has 2 heteroatoms. The summed E-state index contributed by atoms with van der Waals surface area (Å²) in [5, 5.41) is 4.98. The quantitative estimate of drug-likeness (QED) is 0.796. The predicted octanol–water partition coefficient (Wildman–Crippen LogP) is 3.73. The molecule has 0 radical (unpaired) electrons. The molecule has 2 nitrogen and oxygen atoms in total. The van der Waals surface area contributed by atoms with Crippen LogP contribution in [0.15, 0.2) is 30.5 Å². The standard InChI is InChI=1S/C16H24N2/c1-4-12(2)10-17-13(3)9-14-11-18-16-8-6-5-7-15(14)16/h5-8,11-13,17-18H,4,9-10H2,1-3H3/t12?,13-/m1/s1.